The monoisotopic (exact) mass is 386 g/mol. The topological polar surface area (TPSA) is 58.6 Å². The summed E-state index contributed by atoms with van der Waals surface area (Å²) in [7, 11) is 0. The second-order valence-electron chi connectivity index (χ2n) is 5.38. The molecule has 1 atom stereocenters. The number of thiocarbonyl (C=S) groups is 1. The Morgan fingerprint density at radius 3 is 2.58 bits per heavy atom. The number of halogens is 1. The van der Waals surface area contributed by atoms with Gasteiger partial charge in [-0.1, -0.05) is 35.6 Å². The van der Waals surface area contributed by atoms with E-state index >= 15 is 0 Å². The molecule has 1 fully saturated rings. The van der Waals surface area contributed by atoms with Gasteiger partial charge in [0.05, 0.1) is 5.75 Å². The van der Waals surface area contributed by atoms with Gasteiger partial charge in [-0.15, -0.1) is 0 Å². The predicted octanol–water partition coefficient (Wildman–Crippen LogP) is 3.32. The van der Waals surface area contributed by atoms with E-state index in [0.29, 0.717) is 15.0 Å². The number of nitrogens with one attached hydrogen (secondary N) is 1. The molecule has 1 saturated heterocycles. The number of carbonyl (C=O) groups excluding carboxylic acids is 2. The molecule has 0 bridgehead atoms. The molecular weight excluding hydrogens is 368 g/mol. The zero-order valence-electron chi connectivity index (χ0n) is 13.3. The highest BCUT2D eigenvalue weighted by Crippen LogP contribution is 2.17. The van der Waals surface area contributed by atoms with E-state index in [1.807, 2.05) is 0 Å². The fourth-order valence-electron chi connectivity index (χ4n) is 2.17. The molecule has 1 aliphatic heterocycles. The first kappa shape index (κ1) is 19.0. The summed E-state index contributed by atoms with van der Waals surface area (Å²) in [4.78, 5) is 26.0. The summed E-state index contributed by atoms with van der Waals surface area (Å²) in [5.41, 5.74) is 0.594. The summed E-state index contributed by atoms with van der Waals surface area (Å²) < 4.78 is 5.86. The van der Waals surface area contributed by atoms with Gasteiger partial charge in [-0.2, -0.15) is 0 Å². The van der Waals surface area contributed by atoms with Crippen molar-refractivity contribution in [1.29, 1.82) is 0 Å². The number of thioether (sulfide) groups is 1. The van der Waals surface area contributed by atoms with Crippen LogP contribution in [-0.2, 0) is 14.3 Å². The Hall–Kier alpha value is -1.31. The van der Waals surface area contributed by atoms with Crippen molar-refractivity contribution < 1.29 is 14.3 Å². The van der Waals surface area contributed by atoms with Gasteiger partial charge in [-0.05, 0) is 44.0 Å². The van der Waals surface area contributed by atoms with Gasteiger partial charge in [0.1, 0.15) is 4.32 Å². The molecule has 1 aliphatic rings. The number of esters is 1. The molecular formula is C16H19ClN2O3S2. The number of nitrogens with zero attached hydrogens (tertiary/aromatic N) is 1. The molecule has 1 N–H and O–H groups in total. The molecule has 1 amide bonds. The fourth-order valence-corrected chi connectivity index (χ4v) is 3.33. The highest BCUT2D eigenvalue weighted by atomic mass is 35.5. The third-order valence-electron chi connectivity index (χ3n) is 3.47. The van der Waals surface area contributed by atoms with Crippen LogP contribution in [0.2, 0.25) is 5.02 Å². The van der Waals surface area contributed by atoms with Crippen molar-refractivity contribution in [1.82, 2.24) is 4.90 Å². The molecule has 0 saturated carbocycles. The van der Waals surface area contributed by atoms with E-state index < -0.39 is 18.0 Å². The third kappa shape index (κ3) is 5.96. The third-order valence-corrected chi connectivity index (χ3v) is 5.22. The van der Waals surface area contributed by atoms with Crippen LogP contribution in [-0.4, -0.2) is 46.0 Å². The predicted molar refractivity (Wildman–Crippen MR) is 101 cm³/mol. The van der Waals surface area contributed by atoms with Crippen molar-refractivity contribution in [3.05, 3.63) is 29.3 Å². The van der Waals surface area contributed by atoms with Gasteiger partial charge in [0.15, 0.2) is 6.10 Å². The Morgan fingerprint density at radius 1 is 1.33 bits per heavy atom. The van der Waals surface area contributed by atoms with Crippen LogP contribution in [0.4, 0.5) is 5.69 Å². The van der Waals surface area contributed by atoms with Crippen molar-refractivity contribution in [2.75, 3.05) is 24.2 Å². The normalized spacial score (nSPS) is 15.0. The van der Waals surface area contributed by atoms with Gasteiger partial charge < -0.3 is 15.0 Å². The minimum Gasteiger partial charge on any atom is -0.452 e. The molecule has 0 unspecified atom stereocenters. The van der Waals surface area contributed by atoms with Crippen molar-refractivity contribution in [2.24, 2.45) is 0 Å². The Bertz CT molecular complexity index is 604. The van der Waals surface area contributed by atoms with Gasteiger partial charge in [-0.3, -0.25) is 9.59 Å². The lowest BCUT2D eigenvalue weighted by molar-refractivity contribution is -0.150. The summed E-state index contributed by atoms with van der Waals surface area (Å²) in [5.74, 6) is -0.744. The van der Waals surface area contributed by atoms with Crippen LogP contribution in [0.5, 0.6) is 0 Å². The molecule has 2 rings (SSSR count). The quantitative estimate of drug-likeness (QED) is 0.618. The van der Waals surface area contributed by atoms with Crippen molar-refractivity contribution >= 4 is 57.5 Å². The fraction of sp³-hybridized carbons (Fsp3) is 0.438. The standard InChI is InChI=1S/C16H19ClN2O3S2/c1-11(15(21)18-13-6-4-12(17)5-7-13)22-14(20)10-24-16(23)19-8-2-3-9-19/h4-7,11H,2-3,8-10H2,1H3,(H,18,21)/t11-/m1/s1. The maximum absolute atomic E-state index is 12.0. The first-order valence-electron chi connectivity index (χ1n) is 7.63. The lowest BCUT2D eigenvalue weighted by Gasteiger charge is -2.18. The number of hydrogen-bond acceptors (Lipinski definition) is 5. The van der Waals surface area contributed by atoms with Gasteiger partial charge in [-0.25, -0.2) is 0 Å². The number of ether oxygens (including phenoxy) is 1. The van der Waals surface area contributed by atoms with Crippen LogP contribution in [0.3, 0.4) is 0 Å². The largest absolute Gasteiger partial charge is 0.452 e. The van der Waals surface area contributed by atoms with Gasteiger partial charge in [0, 0.05) is 23.8 Å². The second kappa shape index (κ2) is 9.25. The molecule has 1 heterocycles. The molecule has 0 spiro atoms. The van der Waals surface area contributed by atoms with E-state index in [-0.39, 0.29) is 5.75 Å². The van der Waals surface area contributed by atoms with E-state index in [0.717, 1.165) is 25.9 Å². The van der Waals surface area contributed by atoms with E-state index in [9.17, 15) is 9.59 Å². The van der Waals surface area contributed by atoms with Crippen molar-refractivity contribution in [3.8, 4) is 0 Å². The molecule has 0 aromatic heterocycles. The summed E-state index contributed by atoms with van der Waals surface area (Å²) >= 11 is 12.4. The Kier molecular flexibility index (Phi) is 7.33. The zero-order chi connectivity index (χ0) is 17.5. The smallest absolute Gasteiger partial charge is 0.317 e. The highest BCUT2D eigenvalue weighted by Gasteiger charge is 2.20. The number of hydrogen-bond donors (Lipinski definition) is 1. The molecule has 5 nitrogen and oxygen atoms in total. The molecule has 1 aromatic rings. The number of likely N-dealkylation sites (tertiary alicyclic amines) is 1. The van der Waals surface area contributed by atoms with Crippen molar-refractivity contribution in [3.63, 3.8) is 0 Å². The molecule has 24 heavy (non-hydrogen) atoms. The first-order valence-corrected chi connectivity index (χ1v) is 9.40. The zero-order valence-corrected chi connectivity index (χ0v) is 15.7. The van der Waals surface area contributed by atoms with E-state index in [4.69, 9.17) is 28.6 Å². The maximum atomic E-state index is 12.0. The summed E-state index contributed by atoms with van der Waals surface area (Å²) in [6.07, 6.45) is 1.38. The van der Waals surface area contributed by atoms with E-state index in [2.05, 4.69) is 10.2 Å². The van der Waals surface area contributed by atoms with Gasteiger partial charge >= 0.3 is 5.97 Å². The molecule has 1 aromatic carbocycles. The van der Waals surface area contributed by atoms with Gasteiger partial charge in [0.25, 0.3) is 5.91 Å². The maximum Gasteiger partial charge on any atom is 0.317 e. The number of amides is 1. The Morgan fingerprint density at radius 2 is 1.96 bits per heavy atom. The minimum absolute atomic E-state index is 0.105. The van der Waals surface area contributed by atoms with E-state index in [1.54, 1.807) is 24.3 Å². The SMILES string of the molecule is C[C@@H](OC(=O)CSC(=S)N1CCCC1)C(=O)Nc1ccc(Cl)cc1. The van der Waals surface area contributed by atoms with Gasteiger partial charge in [0.2, 0.25) is 0 Å². The molecule has 0 aliphatic carbocycles. The lowest BCUT2D eigenvalue weighted by atomic mass is 10.3. The number of rotatable bonds is 5. The average Bonchev–Trinajstić information content (AvgIpc) is 3.09. The Labute approximate surface area is 156 Å². The first-order chi connectivity index (χ1) is 11.5. The van der Waals surface area contributed by atoms with Crippen LogP contribution in [0.25, 0.3) is 0 Å². The second-order valence-corrected chi connectivity index (χ2v) is 7.42. The van der Waals surface area contributed by atoms with Crippen LogP contribution in [0, 0.1) is 0 Å². The molecule has 8 heteroatoms. The molecule has 0 radical (unpaired) electrons. The number of anilines is 1. The van der Waals surface area contributed by atoms with Crippen molar-refractivity contribution in [2.45, 2.75) is 25.9 Å². The Balaban J connectivity index is 1.72. The average molecular weight is 387 g/mol. The number of benzene rings is 1. The van der Waals surface area contributed by atoms with Crippen LogP contribution in [0.15, 0.2) is 24.3 Å². The van der Waals surface area contributed by atoms with Crippen LogP contribution in [0.1, 0.15) is 19.8 Å². The summed E-state index contributed by atoms with van der Waals surface area (Å²) in [6, 6.07) is 6.70. The summed E-state index contributed by atoms with van der Waals surface area (Å²) in [5, 5.41) is 3.25. The summed E-state index contributed by atoms with van der Waals surface area (Å²) in [6.45, 7) is 3.42. The van der Waals surface area contributed by atoms with E-state index in [1.165, 1.54) is 18.7 Å². The van der Waals surface area contributed by atoms with Crippen LogP contribution >= 0.6 is 35.6 Å². The highest BCUT2D eigenvalue weighted by molar-refractivity contribution is 8.23. The lowest BCUT2D eigenvalue weighted by Crippen LogP contribution is -2.31. The minimum atomic E-state index is -0.880. The number of carbonyl (C=O) groups is 2. The van der Waals surface area contributed by atoms with Crippen LogP contribution < -0.4 is 5.32 Å². The molecule has 130 valence electrons.